The fraction of sp³-hybridized carbons (Fsp3) is 0.391. The van der Waals surface area contributed by atoms with Crippen LogP contribution in [0.25, 0.3) is 6.08 Å². The van der Waals surface area contributed by atoms with Crippen LogP contribution in [0.5, 0.6) is 0 Å². The molecule has 162 valence electrons. The molecule has 3 N–H and O–H groups in total. The average Bonchev–Trinajstić information content (AvgIpc) is 3.10. The standard InChI is InChI=1S/C23H27N5O2S/c29-21-20(31-23(30)28-21)14-19-11-13-25-22(27-19)26-18-8-6-17(7-9-18)15-24-12-10-16-4-2-1-3-5-16/h1-5,11,13-14,17-18,24H,6-10,12,15H2,(H,25,26,27)(H,28,29,30)/b20-14-. The molecule has 8 heteroatoms. The number of nitrogens with one attached hydrogen (secondary N) is 3. The van der Waals surface area contributed by atoms with E-state index < -0.39 is 0 Å². The molecule has 1 saturated heterocycles. The van der Waals surface area contributed by atoms with Crippen LogP contribution in [-0.2, 0) is 11.2 Å². The fourth-order valence-corrected chi connectivity index (χ4v) is 4.62. The number of benzene rings is 1. The minimum atomic E-state index is -0.376. The van der Waals surface area contributed by atoms with Gasteiger partial charge in [0.05, 0.1) is 10.6 Å². The molecule has 2 fully saturated rings. The van der Waals surface area contributed by atoms with Gasteiger partial charge in [-0.15, -0.1) is 0 Å². The van der Waals surface area contributed by atoms with E-state index in [-0.39, 0.29) is 11.1 Å². The van der Waals surface area contributed by atoms with Gasteiger partial charge in [-0.3, -0.25) is 14.9 Å². The van der Waals surface area contributed by atoms with Gasteiger partial charge in [-0.2, -0.15) is 0 Å². The Labute approximate surface area is 186 Å². The monoisotopic (exact) mass is 437 g/mol. The van der Waals surface area contributed by atoms with E-state index in [9.17, 15) is 9.59 Å². The molecule has 0 radical (unpaired) electrons. The Kier molecular flexibility index (Phi) is 7.32. The number of anilines is 1. The molecule has 1 aromatic heterocycles. The molecular formula is C23H27N5O2S. The maximum Gasteiger partial charge on any atom is 0.290 e. The summed E-state index contributed by atoms with van der Waals surface area (Å²) < 4.78 is 0. The SMILES string of the molecule is O=C1NC(=O)/C(=C/c2ccnc(NC3CCC(CNCCc4ccccc4)CC3)n2)S1. The Morgan fingerprint density at radius 1 is 1.10 bits per heavy atom. The van der Waals surface area contributed by atoms with Gasteiger partial charge in [-0.1, -0.05) is 30.3 Å². The van der Waals surface area contributed by atoms with Crippen LogP contribution >= 0.6 is 11.8 Å². The molecule has 0 bridgehead atoms. The summed E-state index contributed by atoms with van der Waals surface area (Å²) >= 11 is 0.892. The predicted octanol–water partition coefficient (Wildman–Crippen LogP) is 3.60. The highest BCUT2D eigenvalue weighted by Crippen LogP contribution is 2.27. The van der Waals surface area contributed by atoms with Gasteiger partial charge < -0.3 is 10.6 Å². The quantitative estimate of drug-likeness (QED) is 0.429. The molecule has 1 saturated carbocycles. The number of hydrogen-bond donors (Lipinski definition) is 3. The molecule has 2 aromatic rings. The van der Waals surface area contributed by atoms with Crippen LogP contribution in [0.15, 0.2) is 47.5 Å². The van der Waals surface area contributed by atoms with Gasteiger partial charge in [-0.05, 0) is 80.6 Å². The molecule has 7 nitrogen and oxygen atoms in total. The van der Waals surface area contributed by atoms with Crippen LogP contribution in [0.4, 0.5) is 10.7 Å². The minimum Gasteiger partial charge on any atom is -0.351 e. The molecule has 2 aliphatic rings. The molecule has 1 aromatic carbocycles. The molecule has 1 aliphatic heterocycles. The van der Waals surface area contributed by atoms with Crippen molar-refractivity contribution < 1.29 is 9.59 Å². The van der Waals surface area contributed by atoms with E-state index in [2.05, 4.69) is 56.3 Å². The maximum absolute atomic E-state index is 11.7. The van der Waals surface area contributed by atoms with E-state index in [1.54, 1.807) is 18.3 Å². The van der Waals surface area contributed by atoms with Gasteiger partial charge in [0.1, 0.15) is 0 Å². The predicted molar refractivity (Wildman–Crippen MR) is 124 cm³/mol. The number of hydrogen-bond acceptors (Lipinski definition) is 7. The van der Waals surface area contributed by atoms with Crippen molar-refractivity contribution in [3.8, 4) is 0 Å². The molecule has 0 unspecified atom stereocenters. The van der Waals surface area contributed by atoms with Crippen molar-refractivity contribution in [3.63, 3.8) is 0 Å². The summed E-state index contributed by atoms with van der Waals surface area (Å²) in [5, 5.41) is 8.93. The van der Waals surface area contributed by atoms with E-state index >= 15 is 0 Å². The molecular weight excluding hydrogens is 410 g/mol. The van der Waals surface area contributed by atoms with E-state index in [0.29, 0.717) is 28.5 Å². The van der Waals surface area contributed by atoms with Crippen LogP contribution in [0.1, 0.15) is 36.9 Å². The molecule has 1 aliphatic carbocycles. The lowest BCUT2D eigenvalue weighted by Crippen LogP contribution is -2.32. The number of imide groups is 1. The van der Waals surface area contributed by atoms with Crippen molar-refractivity contribution in [2.24, 2.45) is 5.92 Å². The zero-order chi connectivity index (χ0) is 21.5. The lowest BCUT2D eigenvalue weighted by Gasteiger charge is -2.29. The average molecular weight is 438 g/mol. The van der Waals surface area contributed by atoms with Gasteiger partial charge in [-0.25, -0.2) is 9.97 Å². The first-order valence-electron chi connectivity index (χ1n) is 10.7. The van der Waals surface area contributed by atoms with Gasteiger partial charge in [0, 0.05) is 12.2 Å². The van der Waals surface area contributed by atoms with Crippen molar-refractivity contribution in [1.82, 2.24) is 20.6 Å². The zero-order valence-electron chi connectivity index (χ0n) is 17.3. The van der Waals surface area contributed by atoms with Crippen LogP contribution in [-0.4, -0.2) is 40.2 Å². The summed E-state index contributed by atoms with van der Waals surface area (Å²) in [6.45, 7) is 2.08. The molecule has 31 heavy (non-hydrogen) atoms. The Balaban J connectivity index is 1.20. The zero-order valence-corrected chi connectivity index (χ0v) is 18.2. The van der Waals surface area contributed by atoms with Crippen LogP contribution < -0.4 is 16.0 Å². The van der Waals surface area contributed by atoms with Crippen molar-refractivity contribution in [1.29, 1.82) is 0 Å². The number of carbonyl (C=O) groups is 2. The summed E-state index contributed by atoms with van der Waals surface area (Å²) in [4.78, 5) is 32.2. The first-order valence-corrected chi connectivity index (χ1v) is 11.6. The van der Waals surface area contributed by atoms with Gasteiger partial charge >= 0.3 is 0 Å². The molecule has 4 rings (SSSR count). The highest BCUT2D eigenvalue weighted by atomic mass is 32.2. The normalized spacial score (nSPS) is 22.5. The second kappa shape index (κ2) is 10.5. The maximum atomic E-state index is 11.7. The number of carbonyl (C=O) groups excluding carboxylic acids is 2. The lowest BCUT2D eigenvalue weighted by atomic mass is 9.86. The smallest absolute Gasteiger partial charge is 0.290 e. The topological polar surface area (TPSA) is 96.0 Å². The van der Waals surface area contributed by atoms with Crippen molar-refractivity contribution in [3.05, 3.63) is 58.8 Å². The largest absolute Gasteiger partial charge is 0.351 e. The number of amides is 2. The third-order valence-corrected chi connectivity index (χ3v) is 6.46. The molecule has 2 heterocycles. The highest BCUT2D eigenvalue weighted by molar-refractivity contribution is 8.18. The number of thioether (sulfide) groups is 1. The fourth-order valence-electron chi connectivity index (χ4n) is 3.96. The van der Waals surface area contributed by atoms with Gasteiger partial charge in [0.2, 0.25) is 5.95 Å². The van der Waals surface area contributed by atoms with Gasteiger partial charge in [0.15, 0.2) is 0 Å². The highest BCUT2D eigenvalue weighted by Gasteiger charge is 2.25. The number of nitrogens with zero attached hydrogens (tertiary/aromatic N) is 2. The van der Waals surface area contributed by atoms with Crippen LogP contribution in [0, 0.1) is 5.92 Å². The van der Waals surface area contributed by atoms with Crippen molar-refractivity contribution >= 4 is 34.9 Å². The second-order valence-corrected chi connectivity index (χ2v) is 8.97. The van der Waals surface area contributed by atoms with Crippen LogP contribution in [0.2, 0.25) is 0 Å². The molecule has 0 spiro atoms. The lowest BCUT2D eigenvalue weighted by molar-refractivity contribution is -0.115. The van der Waals surface area contributed by atoms with E-state index in [4.69, 9.17) is 0 Å². The Hall–Kier alpha value is -2.71. The van der Waals surface area contributed by atoms with Crippen molar-refractivity contribution in [2.45, 2.75) is 38.1 Å². The van der Waals surface area contributed by atoms with E-state index in [1.165, 1.54) is 18.4 Å². The van der Waals surface area contributed by atoms with E-state index in [0.717, 1.165) is 44.1 Å². The minimum absolute atomic E-state index is 0.352. The Morgan fingerprint density at radius 2 is 1.90 bits per heavy atom. The van der Waals surface area contributed by atoms with Gasteiger partial charge in [0.25, 0.3) is 11.1 Å². The summed E-state index contributed by atoms with van der Waals surface area (Å²) in [7, 11) is 0. The Morgan fingerprint density at radius 3 is 2.65 bits per heavy atom. The van der Waals surface area contributed by atoms with Crippen LogP contribution in [0.3, 0.4) is 0 Å². The first kappa shape index (κ1) is 21.5. The summed E-state index contributed by atoms with van der Waals surface area (Å²) in [5.74, 6) is 0.897. The Bertz CT molecular complexity index is 942. The van der Waals surface area contributed by atoms with Crippen molar-refractivity contribution in [2.75, 3.05) is 18.4 Å². The molecule has 0 atom stereocenters. The number of aromatic nitrogens is 2. The first-order chi connectivity index (χ1) is 15.2. The third kappa shape index (κ3) is 6.38. The third-order valence-electron chi connectivity index (χ3n) is 5.64. The van der Waals surface area contributed by atoms with E-state index in [1.807, 2.05) is 0 Å². The summed E-state index contributed by atoms with van der Waals surface area (Å²) in [6, 6.07) is 12.7. The molecule has 2 amide bonds. The summed E-state index contributed by atoms with van der Waals surface area (Å²) in [5.41, 5.74) is 1.99. The number of rotatable bonds is 8. The second-order valence-electron chi connectivity index (χ2n) is 7.96. The summed E-state index contributed by atoms with van der Waals surface area (Å²) in [6.07, 6.45) is 8.89.